The Kier molecular flexibility index (Phi) is 5.39. The fraction of sp³-hybridized carbons (Fsp3) is 0.0769. The van der Waals surface area contributed by atoms with Crippen LogP contribution in [0.4, 0.5) is 14.5 Å². The van der Waals surface area contributed by atoms with Crippen LogP contribution in [0.5, 0.6) is 0 Å². The van der Waals surface area contributed by atoms with Crippen molar-refractivity contribution in [2.75, 3.05) is 5.32 Å². The van der Waals surface area contributed by atoms with E-state index in [2.05, 4.69) is 10.3 Å². The molecule has 0 spiro atoms. The van der Waals surface area contributed by atoms with Crippen molar-refractivity contribution < 1.29 is 13.6 Å². The molecule has 0 atom stereocenters. The second-order valence-electron chi connectivity index (χ2n) is 3.82. The quantitative estimate of drug-likeness (QED) is 0.627. The molecule has 0 aliphatic carbocycles. The molecule has 2 aromatic rings. The lowest BCUT2D eigenvalue weighted by Crippen LogP contribution is -2.14. The first-order valence-electron chi connectivity index (χ1n) is 5.64. The van der Waals surface area contributed by atoms with Crippen molar-refractivity contribution in [2.24, 2.45) is 0 Å². The molecule has 0 saturated carbocycles. The molecule has 8 heteroatoms. The van der Waals surface area contributed by atoms with E-state index in [0.717, 1.165) is 0 Å². The van der Waals surface area contributed by atoms with Gasteiger partial charge in [0, 0.05) is 10.6 Å². The van der Waals surface area contributed by atoms with Crippen LogP contribution < -0.4 is 5.32 Å². The first-order valence-corrected chi connectivity index (χ1v) is 7.27. The number of thioether (sulfide) groups is 1. The number of pyridine rings is 1. The van der Waals surface area contributed by atoms with Crippen molar-refractivity contribution >= 4 is 46.6 Å². The number of rotatable bonds is 4. The smallest absolute Gasteiger partial charge is 0.288 e. The Morgan fingerprint density at radius 2 is 1.81 bits per heavy atom. The molecular formula is C13H8Cl2F2N2OS. The molecule has 0 aliphatic rings. The zero-order valence-electron chi connectivity index (χ0n) is 10.3. The molecule has 0 fully saturated rings. The van der Waals surface area contributed by atoms with Gasteiger partial charge < -0.3 is 5.32 Å². The van der Waals surface area contributed by atoms with Crippen molar-refractivity contribution in [1.29, 1.82) is 0 Å². The van der Waals surface area contributed by atoms with Crippen LogP contribution in [0, 0.1) is 0 Å². The summed E-state index contributed by atoms with van der Waals surface area (Å²) < 4.78 is 24.4. The number of carbonyl (C=O) groups excluding carboxylic acids is 1. The number of benzene rings is 1. The summed E-state index contributed by atoms with van der Waals surface area (Å²) in [5.74, 6) is -3.02. The van der Waals surface area contributed by atoms with Gasteiger partial charge >= 0.3 is 0 Å². The third-order valence-corrected chi connectivity index (χ3v) is 3.60. The highest BCUT2D eigenvalue weighted by Crippen LogP contribution is 2.26. The first kappa shape index (κ1) is 16.0. The van der Waals surface area contributed by atoms with Crippen LogP contribution >= 0.6 is 35.0 Å². The Labute approximate surface area is 133 Å². The van der Waals surface area contributed by atoms with Crippen LogP contribution in [0.2, 0.25) is 10.2 Å². The van der Waals surface area contributed by atoms with E-state index in [1.165, 1.54) is 36.4 Å². The summed E-state index contributed by atoms with van der Waals surface area (Å²) >= 11 is 12.0. The van der Waals surface area contributed by atoms with E-state index in [-0.39, 0.29) is 15.9 Å². The van der Waals surface area contributed by atoms with Crippen molar-refractivity contribution in [3.8, 4) is 0 Å². The standard InChI is InChI=1S/C13H8Cl2F2N2OS/c14-9-5-6-10(15)19-11(9)12(20)18-7-1-3-8(4-2-7)21-13(16)17/h1-6,13H,(H,18,20). The number of halogens is 4. The van der Waals surface area contributed by atoms with Gasteiger partial charge in [-0.15, -0.1) is 0 Å². The topological polar surface area (TPSA) is 42.0 Å². The van der Waals surface area contributed by atoms with E-state index in [4.69, 9.17) is 23.2 Å². The average molecular weight is 349 g/mol. The van der Waals surface area contributed by atoms with E-state index >= 15 is 0 Å². The Bertz CT molecular complexity index is 653. The van der Waals surface area contributed by atoms with Crippen LogP contribution in [0.15, 0.2) is 41.3 Å². The van der Waals surface area contributed by atoms with Crippen LogP contribution in [0.1, 0.15) is 10.5 Å². The van der Waals surface area contributed by atoms with E-state index in [0.29, 0.717) is 22.3 Å². The average Bonchev–Trinajstić information content (AvgIpc) is 2.43. The monoisotopic (exact) mass is 348 g/mol. The van der Waals surface area contributed by atoms with Gasteiger partial charge in [-0.3, -0.25) is 4.79 Å². The Morgan fingerprint density at radius 3 is 2.43 bits per heavy atom. The van der Waals surface area contributed by atoms with Crippen molar-refractivity contribution in [3.63, 3.8) is 0 Å². The number of alkyl halides is 2. The number of carbonyl (C=O) groups is 1. The Morgan fingerprint density at radius 1 is 1.14 bits per heavy atom. The minimum absolute atomic E-state index is 0.00445. The molecule has 110 valence electrons. The van der Waals surface area contributed by atoms with Gasteiger partial charge in [-0.1, -0.05) is 35.0 Å². The highest BCUT2D eigenvalue weighted by atomic mass is 35.5. The molecule has 1 amide bonds. The molecule has 0 radical (unpaired) electrons. The third-order valence-electron chi connectivity index (χ3n) is 2.36. The SMILES string of the molecule is O=C(Nc1ccc(SC(F)F)cc1)c1nc(Cl)ccc1Cl. The fourth-order valence-electron chi connectivity index (χ4n) is 1.49. The molecule has 0 unspecified atom stereocenters. The molecule has 1 aromatic carbocycles. The lowest BCUT2D eigenvalue weighted by molar-refractivity contribution is 0.102. The van der Waals surface area contributed by atoms with Gasteiger partial charge in [-0.2, -0.15) is 8.78 Å². The van der Waals surface area contributed by atoms with Crippen LogP contribution in [-0.4, -0.2) is 16.6 Å². The van der Waals surface area contributed by atoms with Crippen molar-refractivity contribution in [2.45, 2.75) is 10.7 Å². The molecule has 0 saturated heterocycles. The normalized spacial score (nSPS) is 10.7. The van der Waals surface area contributed by atoms with E-state index in [1.807, 2.05) is 0 Å². The molecule has 0 bridgehead atoms. The summed E-state index contributed by atoms with van der Waals surface area (Å²) in [7, 11) is 0. The number of aromatic nitrogens is 1. The molecule has 1 N–H and O–H groups in total. The highest BCUT2D eigenvalue weighted by Gasteiger charge is 2.13. The summed E-state index contributed by atoms with van der Waals surface area (Å²) in [6.45, 7) is 0. The number of nitrogens with zero attached hydrogens (tertiary/aromatic N) is 1. The summed E-state index contributed by atoms with van der Waals surface area (Å²) in [6.07, 6.45) is 0. The zero-order valence-corrected chi connectivity index (χ0v) is 12.6. The fourth-order valence-corrected chi connectivity index (χ4v) is 2.33. The molecule has 3 nitrogen and oxygen atoms in total. The number of nitrogens with one attached hydrogen (secondary N) is 1. The molecule has 2 rings (SSSR count). The number of anilines is 1. The van der Waals surface area contributed by atoms with Gasteiger partial charge in [-0.25, -0.2) is 4.98 Å². The van der Waals surface area contributed by atoms with Crippen LogP contribution in [0.3, 0.4) is 0 Å². The third kappa shape index (κ3) is 4.56. The first-order chi connectivity index (χ1) is 9.95. The van der Waals surface area contributed by atoms with Crippen molar-refractivity contribution in [1.82, 2.24) is 4.98 Å². The molecular weight excluding hydrogens is 341 g/mol. The maximum atomic E-state index is 12.2. The Hall–Kier alpha value is -1.37. The minimum atomic E-state index is -2.49. The lowest BCUT2D eigenvalue weighted by atomic mass is 10.3. The summed E-state index contributed by atoms with van der Waals surface area (Å²) in [5.41, 5.74) is 0.437. The van der Waals surface area contributed by atoms with E-state index in [1.54, 1.807) is 0 Å². The second kappa shape index (κ2) is 7.06. The highest BCUT2D eigenvalue weighted by molar-refractivity contribution is 7.99. The Balaban J connectivity index is 2.10. The van der Waals surface area contributed by atoms with Gasteiger partial charge in [0.05, 0.1) is 5.02 Å². The van der Waals surface area contributed by atoms with E-state index < -0.39 is 11.7 Å². The second-order valence-corrected chi connectivity index (χ2v) is 5.68. The molecule has 1 aromatic heterocycles. The lowest BCUT2D eigenvalue weighted by Gasteiger charge is -2.07. The van der Waals surface area contributed by atoms with Gasteiger partial charge in [0.2, 0.25) is 0 Å². The largest absolute Gasteiger partial charge is 0.321 e. The maximum absolute atomic E-state index is 12.2. The summed E-state index contributed by atoms with van der Waals surface area (Å²) in [6, 6.07) is 8.94. The predicted octanol–water partition coefficient (Wildman–Crippen LogP) is 4.96. The predicted molar refractivity (Wildman–Crippen MR) is 80.5 cm³/mol. The molecule has 0 aliphatic heterocycles. The number of amides is 1. The molecule has 1 heterocycles. The van der Waals surface area contributed by atoms with Gasteiger partial charge in [-0.05, 0) is 36.4 Å². The van der Waals surface area contributed by atoms with Gasteiger partial charge in [0.25, 0.3) is 11.7 Å². The van der Waals surface area contributed by atoms with Gasteiger partial charge in [0.15, 0.2) is 0 Å². The number of hydrogen-bond donors (Lipinski definition) is 1. The van der Waals surface area contributed by atoms with Gasteiger partial charge in [0.1, 0.15) is 10.8 Å². The summed E-state index contributed by atoms with van der Waals surface area (Å²) in [4.78, 5) is 16.3. The van der Waals surface area contributed by atoms with Crippen LogP contribution in [0.25, 0.3) is 0 Å². The zero-order chi connectivity index (χ0) is 15.4. The van der Waals surface area contributed by atoms with Crippen LogP contribution in [-0.2, 0) is 0 Å². The molecule has 21 heavy (non-hydrogen) atoms. The number of hydrogen-bond acceptors (Lipinski definition) is 3. The summed E-state index contributed by atoms with van der Waals surface area (Å²) in [5, 5.41) is 2.88. The van der Waals surface area contributed by atoms with Crippen molar-refractivity contribution in [3.05, 3.63) is 52.3 Å². The van der Waals surface area contributed by atoms with E-state index in [9.17, 15) is 13.6 Å². The minimum Gasteiger partial charge on any atom is -0.321 e. The maximum Gasteiger partial charge on any atom is 0.288 e.